The number of ether oxygens (including phenoxy) is 1. The molecule has 8 heteroatoms. The van der Waals surface area contributed by atoms with Crippen LogP contribution in [0.15, 0.2) is 59.9 Å². The van der Waals surface area contributed by atoms with Gasteiger partial charge in [0.15, 0.2) is 5.31 Å². The van der Waals surface area contributed by atoms with Crippen LogP contribution in [0.5, 0.6) is 5.75 Å². The van der Waals surface area contributed by atoms with Crippen molar-refractivity contribution in [2.75, 3.05) is 25.6 Å². The van der Waals surface area contributed by atoms with E-state index in [-0.39, 0.29) is 24.2 Å². The molecule has 7 nitrogen and oxygen atoms in total. The van der Waals surface area contributed by atoms with Gasteiger partial charge in [-0.15, -0.1) is 0 Å². The number of hydrogen-bond acceptors (Lipinski definition) is 6. The van der Waals surface area contributed by atoms with Gasteiger partial charge in [0.1, 0.15) is 5.75 Å². The van der Waals surface area contributed by atoms with Crippen molar-refractivity contribution in [3.8, 4) is 5.75 Å². The molecule has 0 heterocycles. The number of carbonyl (C=O) groups is 1. The van der Waals surface area contributed by atoms with Gasteiger partial charge in [0.25, 0.3) is 5.91 Å². The first kappa shape index (κ1) is 21.7. The first-order valence-electron chi connectivity index (χ1n) is 8.85. The number of nitrogens with one attached hydrogen (secondary N) is 1. The van der Waals surface area contributed by atoms with Crippen LogP contribution >= 0.6 is 7.60 Å². The fourth-order valence-corrected chi connectivity index (χ4v) is 4.26. The predicted molar refractivity (Wildman–Crippen MR) is 110 cm³/mol. The van der Waals surface area contributed by atoms with E-state index in [0.717, 1.165) is 0 Å². The van der Waals surface area contributed by atoms with E-state index in [1.807, 2.05) is 6.07 Å². The number of nitrogens with two attached hydrogens (primary N) is 1. The number of benzene rings is 2. The Bertz CT molecular complexity index is 856. The van der Waals surface area contributed by atoms with Crippen LogP contribution in [-0.2, 0) is 18.4 Å². The van der Waals surface area contributed by atoms with Crippen molar-refractivity contribution >= 4 is 24.9 Å². The second kappa shape index (κ2) is 10.1. The Hall–Kier alpha value is -2.60. The molecular formula is C20H25N2O5P. The van der Waals surface area contributed by atoms with E-state index in [1.165, 1.54) is 0 Å². The molecule has 0 bridgehead atoms. The average Bonchev–Trinajstić information content (AvgIpc) is 2.69. The zero-order valence-electron chi connectivity index (χ0n) is 16.2. The Labute approximate surface area is 165 Å². The molecule has 2 aromatic carbocycles. The van der Waals surface area contributed by atoms with E-state index >= 15 is 0 Å². The molecular weight excluding hydrogens is 379 g/mol. The third kappa shape index (κ3) is 5.23. The van der Waals surface area contributed by atoms with Gasteiger partial charge in [0.05, 0.1) is 26.0 Å². The number of hydrogen-bond donors (Lipinski definition) is 2. The van der Waals surface area contributed by atoms with Crippen molar-refractivity contribution in [1.82, 2.24) is 0 Å². The second-order valence-electron chi connectivity index (χ2n) is 5.64. The number of anilines is 1. The molecule has 28 heavy (non-hydrogen) atoms. The molecule has 0 aliphatic carbocycles. The van der Waals surface area contributed by atoms with Gasteiger partial charge in [-0.2, -0.15) is 0 Å². The summed E-state index contributed by atoms with van der Waals surface area (Å²) in [4.78, 5) is 13.1. The summed E-state index contributed by atoms with van der Waals surface area (Å²) in [5, 5.41) is 2.48. The minimum atomic E-state index is -3.94. The van der Waals surface area contributed by atoms with Crippen LogP contribution in [0.25, 0.3) is 5.70 Å². The van der Waals surface area contributed by atoms with Gasteiger partial charge in [0.2, 0.25) is 0 Å². The maximum absolute atomic E-state index is 13.4. The highest BCUT2D eigenvalue weighted by Crippen LogP contribution is 2.57. The molecule has 0 radical (unpaired) electrons. The Morgan fingerprint density at radius 1 is 1.00 bits per heavy atom. The van der Waals surface area contributed by atoms with Crippen LogP contribution in [0, 0.1) is 0 Å². The van der Waals surface area contributed by atoms with E-state index in [1.54, 1.807) is 69.5 Å². The first-order valence-corrected chi connectivity index (χ1v) is 10.4. The van der Waals surface area contributed by atoms with Gasteiger partial charge in [0, 0.05) is 5.69 Å². The zero-order valence-corrected chi connectivity index (χ0v) is 17.1. The quantitative estimate of drug-likeness (QED) is 0.479. The monoisotopic (exact) mass is 404 g/mol. The van der Waals surface area contributed by atoms with Crippen LogP contribution in [0.4, 0.5) is 5.69 Å². The van der Waals surface area contributed by atoms with Gasteiger partial charge in [-0.3, -0.25) is 9.36 Å². The molecule has 150 valence electrons. The second-order valence-corrected chi connectivity index (χ2v) is 7.60. The van der Waals surface area contributed by atoms with E-state index < -0.39 is 13.5 Å². The number of rotatable bonds is 9. The van der Waals surface area contributed by atoms with Crippen LogP contribution < -0.4 is 15.8 Å². The van der Waals surface area contributed by atoms with Gasteiger partial charge >= 0.3 is 7.60 Å². The maximum Gasteiger partial charge on any atom is 0.369 e. The summed E-state index contributed by atoms with van der Waals surface area (Å²) in [6.07, 6.45) is 0. The van der Waals surface area contributed by atoms with Crippen LogP contribution in [0.3, 0.4) is 0 Å². The van der Waals surface area contributed by atoms with E-state index in [0.29, 0.717) is 17.0 Å². The topological polar surface area (TPSA) is 99.9 Å². The van der Waals surface area contributed by atoms with Gasteiger partial charge in [-0.25, -0.2) is 0 Å². The van der Waals surface area contributed by atoms with Gasteiger partial charge < -0.3 is 24.8 Å². The largest absolute Gasteiger partial charge is 0.497 e. The molecule has 0 spiro atoms. The zero-order chi connectivity index (χ0) is 20.6. The molecule has 0 aliphatic heterocycles. The van der Waals surface area contributed by atoms with E-state index in [2.05, 4.69) is 5.32 Å². The van der Waals surface area contributed by atoms with Crippen molar-refractivity contribution in [2.45, 2.75) is 13.8 Å². The summed E-state index contributed by atoms with van der Waals surface area (Å²) in [6.45, 7) is 3.53. The first-order chi connectivity index (χ1) is 13.4. The van der Waals surface area contributed by atoms with Crippen molar-refractivity contribution in [3.63, 3.8) is 0 Å². The molecule has 0 saturated heterocycles. The Kier molecular flexibility index (Phi) is 7.81. The smallest absolute Gasteiger partial charge is 0.369 e. The lowest BCUT2D eigenvalue weighted by atomic mass is 10.1. The summed E-state index contributed by atoms with van der Waals surface area (Å²) in [6, 6.07) is 15.5. The SMILES string of the molecule is CCOP(=O)(OCC)/C(C(=O)Nc1ccc(OC)cc1)=C(/N)c1ccccc1. The minimum Gasteiger partial charge on any atom is -0.497 e. The summed E-state index contributed by atoms with van der Waals surface area (Å²) in [7, 11) is -2.39. The van der Waals surface area contributed by atoms with E-state index in [4.69, 9.17) is 19.5 Å². The van der Waals surface area contributed by atoms with Crippen LogP contribution in [0.1, 0.15) is 19.4 Å². The lowest BCUT2D eigenvalue weighted by molar-refractivity contribution is -0.112. The summed E-state index contributed by atoms with van der Waals surface area (Å²) in [5.74, 6) is -0.0105. The highest BCUT2D eigenvalue weighted by atomic mass is 31.2. The maximum atomic E-state index is 13.4. The molecule has 0 fully saturated rings. The molecule has 0 aliphatic rings. The van der Waals surface area contributed by atoms with E-state index in [9.17, 15) is 9.36 Å². The highest BCUT2D eigenvalue weighted by Gasteiger charge is 2.37. The number of methoxy groups -OCH3 is 1. The highest BCUT2D eigenvalue weighted by molar-refractivity contribution is 7.60. The minimum absolute atomic E-state index is 0.0387. The lowest BCUT2D eigenvalue weighted by Gasteiger charge is -2.21. The summed E-state index contributed by atoms with van der Waals surface area (Å²) in [5.41, 5.74) is 7.32. The molecule has 0 aromatic heterocycles. The Balaban J connectivity index is 2.50. The molecule has 0 atom stereocenters. The van der Waals surface area contributed by atoms with Crippen LogP contribution in [-0.4, -0.2) is 26.2 Å². The third-order valence-corrected chi connectivity index (χ3v) is 5.96. The fraction of sp³-hybridized carbons (Fsp3) is 0.250. The molecule has 2 aromatic rings. The Morgan fingerprint density at radius 2 is 1.57 bits per heavy atom. The fourth-order valence-electron chi connectivity index (χ4n) is 2.52. The standard InChI is InChI=1S/C20H25N2O5P/c1-4-26-28(24,27-5-2)19(18(21)15-9-7-6-8-10-15)20(23)22-16-11-13-17(25-3)14-12-16/h6-14H,4-5,21H2,1-3H3,(H,22,23)/b19-18+. The lowest BCUT2D eigenvalue weighted by Crippen LogP contribution is -2.20. The normalized spacial score (nSPS) is 12.2. The molecule has 2 rings (SSSR count). The number of carbonyl (C=O) groups excluding carboxylic acids is 1. The molecule has 3 N–H and O–H groups in total. The van der Waals surface area contributed by atoms with Crippen molar-refractivity contribution in [1.29, 1.82) is 0 Å². The summed E-state index contributed by atoms with van der Waals surface area (Å²) < 4.78 is 29.3. The molecule has 0 saturated carbocycles. The van der Waals surface area contributed by atoms with Crippen LogP contribution in [0.2, 0.25) is 0 Å². The van der Waals surface area contributed by atoms with Gasteiger partial charge in [-0.1, -0.05) is 30.3 Å². The molecule has 0 unspecified atom stereocenters. The Morgan fingerprint density at radius 3 is 2.07 bits per heavy atom. The van der Waals surface area contributed by atoms with Gasteiger partial charge in [-0.05, 0) is 43.7 Å². The van der Waals surface area contributed by atoms with Crippen molar-refractivity contribution in [3.05, 3.63) is 65.5 Å². The molecule has 1 amide bonds. The average molecular weight is 404 g/mol. The van der Waals surface area contributed by atoms with Crippen molar-refractivity contribution < 1.29 is 23.1 Å². The summed E-state index contributed by atoms with van der Waals surface area (Å²) >= 11 is 0. The number of amides is 1. The third-order valence-electron chi connectivity index (χ3n) is 3.77. The van der Waals surface area contributed by atoms with Crippen molar-refractivity contribution in [2.24, 2.45) is 5.73 Å². The predicted octanol–water partition coefficient (Wildman–Crippen LogP) is 4.23.